The lowest BCUT2D eigenvalue weighted by molar-refractivity contribution is 0.302. The summed E-state index contributed by atoms with van der Waals surface area (Å²) in [5.74, 6) is 0.899. The lowest BCUT2D eigenvalue weighted by Gasteiger charge is -2.22. The molecule has 1 aliphatic rings. The molecule has 3 nitrogen and oxygen atoms in total. The molecule has 0 aromatic heterocycles. The average molecular weight is 234 g/mol. The molecule has 0 amide bonds. The molecule has 0 heterocycles. The average Bonchev–Trinajstić information content (AvgIpc) is 3.18. The highest BCUT2D eigenvalue weighted by Gasteiger charge is 2.20. The summed E-state index contributed by atoms with van der Waals surface area (Å²) in [6.45, 7) is 5.04. The molecular weight excluding hydrogens is 212 g/mol. The van der Waals surface area contributed by atoms with Gasteiger partial charge in [0.15, 0.2) is 0 Å². The molecule has 0 radical (unpaired) electrons. The standard InChI is InChI=1S/C14H22N2O/c1-2-16(9-10-17)14-7-5-13(6-8-14)15-11-12-3-4-12/h5-8,12,15,17H,2-4,9-11H2,1H3. The Morgan fingerprint density at radius 1 is 1.29 bits per heavy atom. The third kappa shape index (κ3) is 3.63. The first-order valence-corrected chi connectivity index (χ1v) is 6.53. The van der Waals surface area contributed by atoms with Crippen molar-refractivity contribution in [2.75, 3.05) is 36.5 Å². The first kappa shape index (κ1) is 12.2. The van der Waals surface area contributed by atoms with E-state index in [1.54, 1.807) is 0 Å². The molecule has 0 aliphatic heterocycles. The summed E-state index contributed by atoms with van der Waals surface area (Å²) in [6, 6.07) is 8.48. The summed E-state index contributed by atoms with van der Waals surface area (Å²) < 4.78 is 0. The van der Waals surface area contributed by atoms with Gasteiger partial charge in [-0.25, -0.2) is 0 Å². The molecule has 0 bridgehead atoms. The second-order valence-corrected chi connectivity index (χ2v) is 4.67. The molecule has 2 rings (SSSR count). The molecule has 1 saturated carbocycles. The zero-order valence-electron chi connectivity index (χ0n) is 10.5. The third-order valence-corrected chi connectivity index (χ3v) is 3.28. The molecule has 0 unspecified atom stereocenters. The largest absolute Gasteiger partial charge is 0.395 e. The Morgan fingerprint density at radius 3 is 2.53 bits per heavy atom. The van der Waals surface area contributed by atoms with Crippen molar-refractivity contribution in [2.45, 2.75) is 19.8 Å². The molecule has 0 atom stereocenters. The molecule has 94 valence electrons. The number of rotatable bonds is 7. The summed E-state index contributed by atoms with van der Waals surface area (Å²) in [5.41, 5.74) is 2.37. The molecule has 1 aromatic carbocycles. The van der Waals surface area contributed by atoms with E-state index in [4.69, 9.17) is 5.11 Å². The van der Waals surface area contributed by atoms with Gasteiger partial charge in [0, 0.05) is 31.0 Å². The first-order chi connectivity index (χ1) is 8.33. The van der Waals surface area contributed by atoms with Crippen molar-refractivity contribution in [3.63, 3.8) is 0 Å². The van der Waals surface area contributed by atoms with Crippen LogP contribution in [0.5, 0.6) is 0 Å². The van der Waals surface area contributed by atoms with Gasteiger partial charge in [-0.1, -0.05) is 0 Å². The number of nitrogens with one attached hydrogen (secondary N) is 1. The van der Waals surface area contributed by atoms with Gasteiger partial charge in [0.05, 0.1) is 6.61 Å². The minimum Gasteiger partial charge on any atom is -0.395 e. The minimum absolute atomic E-state index is 0.204. The van der Waals surface area contributed by atoms with Crippen LogP contribution in [-0.2, 0) is 0 Å². The van der Waals surface area contributed by atoms with E-state index in [0.717, 1.165) is 19.0 Å². The van der Waals surface area contributed by atoms with Crippen molar-refractivity contribution in [1.29, 1.82) is 0 Å². The number of nitrogens with zero attached hydrogens (tertiary/aromatic N) is 1. The van der Waals surface area contributed by atoms with E-state index >= 15 is 0 Å². The Labute approximate surface area is 103 Å². The number of hydrogen-bond acceptors (Lipinski definition) is 3. The monoisotopic (exact) mass is 234 g/mol. The highest BCUT2D eigenvalue weighted by molar-refractivity contribution is 5.55. The molecular formula is C14H22N2O. The number of anilines is 2. The normalized spacial score (nSPS) is 14.7. The van der Waals surface area contributed by atoms with Crippen LogP contribution in [0.3, 0.4) is 0 Å². The quantitative estimate of drug-likeness (QED) is 0.760. The second kappa shape index (κ2) is 5.92. The van der Waals surface area contributed by atoms with Crippen LogP contribution >= 0.6 is 0 Å². The van der Waals surface area contributed by atoms with Gasteiger partial charge in [-0.2, -0.15) is 0 Å². The summed E-state index contributed by atoms with van der Waals surface area (Å²) in [4.78, 5) is 2.17. The Morgan fingerprint density at radius 2 is 2.00 bits per heavy atom. The molecule has 1 fully saturated rings. The van der Waals surface area contributed by atoms with Crippen LogP contribution in [0.2, 0.25) is 0 Å². The molecule has 2 N–H and O–H groups in total. The highest BCUT2D eigenvalue weighted by Crippen LogP contribution is 2.29. The van der Waals surface area contributed by atoms with Crippen molar-refractivity contribution < 1.29 is 5.11 Å². The topological polar surface area (TPSA) is 35.5 Å². The van der Waals surface area contributed by atoms with E-state index in [1.807, 2.05) is 0 Å². The molecule has 3 heteroatoms. The predicted octanol–water partition coefficient (Wildman–Crippen LogP) is 2.33. The van der Waals surface area contributed by atoms with Crippen molar-refractivity contribution >= 4 is 11.4 Å². The SMILES string of the molecule is CCN(CCO)c1ccc(NCC2CC2)cc1. The fourth-order valence-corrected chi connectivity index (χ4v) is 1.96. The minimum atomic E-state index is 0.204. The maximum Gasteiger partial charge on any atom is 0.0606 e. The fourth-order valence-electron chi connectivity index (χ4n) is 1.96. The van der Waals surface area contributed by atoms with Crippen LogP contribution in [-0.4, -0.2) is 31.3 Å². The van der Waals surface area contributed by atoms with Gasteiger partial charge in [-0.3, -0.25) is 0 Å². The summed E-state index contributed by atoms with van der Waals surface area (Å²) in [5, 5.41) is 12.4. The van der Waals surface area contributed by atoms with Gasteiger partial charge >= 0.3 is 0 Å². The Hall–Kier alpha value is -1.22. The molecule has 0 spiro atoms. The third-order valence-electron chi connectivity index (χ3n) is 3.28. The first-order valence-electron chi connectivity index (χ1n) is 6.53. The number of likely N-dealkylation sites (N-methyl/N-ethyl adjacent to an activating group) is 1. The zero-order valence-corrected chi connectivity index (χ0v) is 10.5. The van der Waals surface area contributed by atoms with Crippen molar-refractivity contribution in [2.24, 2.45) is 5.92 Å². The Kier molecular flexibility index (Phi) is 4.26. The van der Waals surface area contributed by atoms with Gasteiger partial charge in [0.2, 0.25) is 0 Å². The van der Waals surface area contributed by atoms with Crippen LogP contribution in [0.15, 0.2) is 24.3 Å². The lowest BCUT2D eigenvalue weighted by Crippen LogP contribution is -2.25. The van der Waals surface area contributed by atoms with Gasteiger partial charge < -0.3 is 15.3 Å². The van der Waals surface area contributed by atoms with Crippen LogP contribution in [0.4, 0.5) is 11.4 Å². The van der Waals surface area contributed by atoms with Crippen LogP contribution in [0.25, 0.3) is 0 Å². The number of aliphatic hydroxyl groups is 1. The van der Waals surface area contributed by atoms with Gasteiger partial charge in [0.25, 0.3) is 0 Å². The summed E-state index contributed by atoms with van der Waals surface area (Å²) in [6.07, 6.45) is 2.76. The van der Waals surface area contributed by atoms with E-state index in [-0.39, 0.29) is 6.61 Å². The van der Waals surface area contributed by atoms with E-state index < -0.39 is 0 Å². The van der Waals surface area contributed by atoms with Gasteiger partial charge in [0.1, 0.15) is 0 Å². The lowest BCUT2D eigenvalue weighted by atomic mass is 10.2. The Bertz CT molecular complexity index is 333. The van der Waals surface area contributed by atoms with Gasteiger partial charge in [-0.05, 0) is 49.9 Å². The molecule has 1 aromatic rings. The maximum absolute atomic E-state index is 8.98. The van der Waals surface area contributed by atoms with Crippen molar-refractivity contribution in [1.82, 2.24) is 0 Å². The smallest absolute Gasteiger partial charge is 0.0606 e. The molecule has 0 saturated heterocycles. The van der Waals surface area contributed by atoms with E-state index in [2.05, 4.69) is 41.4 Å². The Balaban J connectivity index is 1.90. The fraction of sp³-hybridized carbons (Fsp3) is 0.571. The summed E-state index contributed by atoms with van der Waals surface area (Å²) >= 11 is 0. The van der Waals surface area contributed by atoms with Crippen LogP contribution in [0, 0.1) is 5.92 Å². The highest BCUT2D eigenvalue weighted by atomic mass is 16.3. The number of hydrogen-bond donors (Lipinski definition) is 2. The predicted molar refractivity (Wildman–Crippen MR) is 72.6 cm³/mol. The summed E-state index contributed by atoms with van der Waals surface area (Å²) in [7, 11) is 0. The zero-order chi connectivity index (χ0) is 12.1. The number of aliphatic hydroxyl groups excluding tert-OH is 1. The van der Waals surface area contributed by atoms with Crippen molar-refractivity contribution in [3.05, 3.63) is 24.3 Å². The van der Waals surface area contributed by atoms with E-state index in [9.17, 15) is 0 Å². The van der Waals surface area contributed by atoms with E-state index in [0.29, 0.717) is 6.54 Å². The number of benzene rings is 1. The maximum atomic E-state index is 8.98. The van der Waals surface area contributed by atoms with Crippen molar-refractivity contribution in [3.8, 4) is 0 Å². The van der Waals surface area contributed by atoms with Crippen LogP contribution < -0.4 is 10.2 Å². The second-order valence-electron chi connectivity index (χ2n) is 4.67. The van der Waals surface area contributed by atoms with E-state index in [1.165, 1.54) is 24.2 Å². The molecule has 1 aliphatic carbocycles. The van der Waals surface area contributed by atoms with Crippen LogP contribution in [0.1, 0.15) is 19.8 Å². The molecule has 17 heavy (non-hydrogen) atoms. The van der Waals surface area contributed by atoms with Gasteiger partial charge in [-0.15, -0.1) is 0 Å².